The van der Waals surface area contributed by atoms with Gasteiger partial charge in [-0.1, -0.05) is 42.5 Å². The first-order chi connectivity index (χ1) is 16.4. The number of hydrogen-bond donors (Lipinski definition) is 1. The van der Waals surface area contributed by atoms with E-state index in [1.165, 1.54) is 0 Å². The summed E-state index contributed by atoms with van der Waals surface area (Å²) in [6.45, 7) is 5.99. The Hall–Kier alpha value is -3.58. The first kappa shape index (κ1) is 25.1. The lowest BCUT2D eigenvalue weighted by Gasteiger charge is -2.20. The first-order valence-electron chi connectivity index (χ1n) is 11.7. The van der Waals surface area contributed by atoms with Crippen molar-refractivity contribution in [3.8, 4) is 11.4 Å². The van der Waals surface area contributed by atoms with Gasteiger partial charge in [0.05, 0.1) is 11.3 Å². The number of hydrogen-bond acceptors (Lipinski definition) is 5. The monoisotopic (exact) mass is 459 g/mol. The average Bonchev–Trinajstić information content (AvgIpc) is 2.85. The highest BCUT2D eigenvalue weighted by Gasteiger charge is 2.19. The van der Waals surface area contributed by atoms with Crippen molar-refractivity contribution in [3.05, 3.63) is 77.6 Å². The van der Waals surface area contributed by atoms with Gasteiger partial charge in [0.25, 0.3) is 11.8 Å². The number of rotatable bonds is 10. The van der Waals surface area contributed by atoms with Gasteiger partial charge < -0.3 is 15.1 Å². The summed E-state index contributed by atoms with van der Waals surface area (Å²) in [5.41, 5.74) is 2.87. The molecule has 0 atom stereocenters. The van der Waals surface area contributed by atoms with Crippen LogP contribution in [0.5, 0.6) is 0 Å². The van der Waals surface area contributed by atoms with E-state index < -0.39 is 0 Å². The van der Waals surface area contributed by atoms with Crippen LogP contribution in [0.3, 0.4) is 0 Å². The molecule has 0 fully saturated rings. The topological polar surface area (TPSA) is 78.4 Å². The van der Waals surface area contributed by atoms with E-state index in [-0.39, 0.29) is 17.5 Å². The van der Waals surface area contributed by atoms with E-state index in [2.05, 4.69) is 15.2 Å². The fourth-order valence-corrected chi connectivity index (χ4v) is 3.68. The van der Waals surface area contributed by atoms with Crippen molar-refractivity contribution in [1.82, 2.24) is 19.8 Å². The molecule has 0 aliphatic rings. The zero-order valence-corrected chi connectivity index (χ0v) is 20.4. The highest BCUT2D eigenvalue weighted by molar-refractivity contribution is 6.08. The van der Waals surface area contributed by atoms with E-state index in [9.17, 15) is 9.59 Å². The fourth-order valence-electron chi connectivity index (χ4n) is 3.68. The molecule has 0 saturated heterocycles. The van der Waals surface area contributed by atoms with Crippen molar-refractivity contribution in [2.75, 3.05) is 39.0 Å². The summed E-state index contributed by atoms with van der Waals surface area (Å²) in [6, 6.07) is 18.5. The Bertz CT molecular complexity index is 1110. The summed E-state index contributed by atoms with van der Waals surface area (Å²) in [7, 11) is 4.07. The summed E-state index contributed by atoms with van der Waals surface area (Å²) in [5.74, 6) is 0.0341. The van der Waals surface area contributed by atoms with Gasteiger partial charge in [0.2, 0.25) is 0 Å². The van der Waals surface area contributed by atoms with Crippen LogP contribution < -0.4 is 5.32 Å². The van der Waals surface area contributed by atoms with Crippen LogP contribution in [0.25, 0.3) is 11.4 Å². The second-order valence-electron chi connectivity index (χ2n) is 8.32. The van der Waals surface area contributed by atoms with Gasteiger partial charge in [0.1, 0.15) is 5.69 Å². The highest BCUT2D eigenvalue weighted by Crippen LogP contribution is 2.20. The average molecular weight is 460 g/mol. The van der Waals surface area contributed by atoms with Crippen LogP contribution in [0.2, 0.25) is 0 Å². The fraction of sp³-hybridized carbons (Fsp3) is 0.333. The van der Waals surface area contributed by atoms with Crippen LogP contribution in [0.1, 0.15) is 46.8 Å². The van der Waals surface area contributed by atoms with Crippen LogP contribution in [0, 0.1) is 0 Å². The third-order valence-electron chi connectivity index (χ3n) is 5.54. The van der Waals surface area contributed by atoms with Gasteiger partial charge in [0, 0.05) is 24.3 Å². The standard InChI is InChI=1S/C27H33N5O2/c1-5-32(6-2)27(34)22-16-10-11-17-23(22)30-26(33)24-19-21(15-12-18-31(3)4)28-25(29-24)20-13-8-7-9-14-20/h7-11,13-14,16-17,19H,5-6,12,15,18H2,1-4H3,(H,30,33). The normalized spacial score (nSPS) is 10.9. The molecule has 0 saturated carbocycles. The summed E-state index contributed by atoms with van der Waals surface area (Å²) in [6.07, 6.45) is 1.65. The van der Waals surface area contributed by atoms with Crippen molar-refractivity contribution in [3.63, 3.8) is 0 Å². The highest BCUT2D eigenvalue weighted by atomic mass is 16.2. The molecule has 3 aromatic rings. The first-order valence-corrected chi connectivity index (χ1v) is 11.7. The number of carbonyl (C=O) groups excluding carboxylic acids is 2. The summed E-state index contributed by atoms with van der Waals surface area (Å²) in [5, 5.41) is 2.91. The van der Waals surface area contributed by atoms with Gasteiger partial charge in [-0.3, -0.25) is 9.59 Å². The van der Waals surface area contributed by atoms with E-state index in [4.69, 9.17) is 4.98 Å². The SMILES string of the molecule is CCN(CC)C(=O)c1ccccc1NC(=O)c1cc(CCCN(C)C)nc(-c2ccccc2)n1. The Kier molecular flexibility index (Phi) is 8.87. The molecule has 0 radical (unpaired) electrons. The molecule has 1 aromatic heterocycles. The zero-order valence-electron chi connectivity index (χ0n) is 20.4. The number of aryl methyl sites for hydroxylation is 1. The third-order valence-corrected chi connectivity index (χ3v) is 5.54. The smallest absolute Gasteiger partial charge is 0.274 e. The second-order valence-corrected chi connectivity index (χ2v) is 8.32. The molecule has 7 heteroatoms. The predicted octanol–water partition coefficient (Wildman–Crippen LogP) is 4.37. The Labute approximate surface area is 201 Å². The minimum absolute atomic E-state index is 0.113. The van der Waals surface area contributed by atoms with Crippen LogP contribution in [0.4, 0.5) is 5.69 Å². The molecule has 2 amide bonds. The Balaban J connectivity index is 1.92. The molecule has 178 valence electrons. The minimum Gasteiger partial charge on any atom is -0.339 e. The molecule has 0 bridgehead atoms. The largest absolute Gasteiger partial charge is 0.339 e. The van der Waals surface area contributed by atoms with Gasteiger partial charge >= 0.3 is 0 Å². The third kappa shape index (κ3) is 6.48. The summed E-state index contributed by atoms with van der Waals surface area (Å²) >= 11 is 0. The van der Waals surface area contributed by atoms with Crippen LogP contribution in [-0.2, 0) is 6.42 Å². The second kappa shape index (κ2) is 12.0. The minimum atomic E-state index is -0.367. The van der Waals surface area contributed by atoms with Gasteiger partial charge in [0.15, 0.2) is 5.82 Å². The number of benzene rings is 2. The molecule has 1 heterocycles. The number of anilines is 1. The van der Waals surface area contributed by atoms with Crippen molar-refractivity contribution in [1.29, 1.82) is 0 Å². The van der Waals surface area contributed by atoms with Crippen molar-refractivity contribution in [2.45, 2.75) is 26.7 Å². The van der Waals surface area contributed by atoms with E-state index in [0.717, 1.165) is 30.6 Å². The van der Waals surface area contributed by atoms with Crippen molar-refractivity contribution in [2.24, 2.45) is 0 Å². The number of aromatic nitrogens is 2. The van der Waals surface area contributed by atoms with Crippen LogP contribution >= 0.6 is 0 Å². The molecule has 3 rings (SSSR count). The molecule has 34 heavy (non-hydrogen) atoms. The lowest BCUT2D eigenvalue weighted by Crippen LogP contribution is -2.31. The molecular formula is C27H33N5O2. The van der Waals surface area contributed by atoms with Gasteiger partial charge in [-0.15, -0.1) is 0 Å². The van der Waals surface area contributed by atoms with E-state index in [1.54, 1.807) is 35.2 Å². The van der Waals surface area contributed by atoms with Crippen LogP contribution in [0.15, 0.2) is 60.7 Å². The quantitative estimate of drug-likeness (QED) is 0.487. The lowest BCUT2D eigenvalue weighted by atomic mass is 10.1. The maximum Gasteiger partial charge on any atom is 0.274 e. The van der Waals surface area contributed by atoms with Crippen molar-refractivity contribution >= 4 is 17.5 Å². The summed E-state index contributed by atoms with van der Waals surface area (Å²) in [4.78, 5) is 39.4. The number of nitrogens with one attached hydrogen (secondary N) is 1. The van der Waals surface area contributed by atoms with Gasteiger partial charge in [-0.2, -0.15) is 0 Å². The predicted molar refractivity (Wildman–Crippen MR) is 136 cm³/mol. The Morgan fingerprint density at radius 2 is 1.59 bits per heavy atom. The number of para-hydroxylation sites is 1. The molecular weight excluding hydrogens is 426 g/mol. The zero-order chi connectivity index (χ0) is 24.5. The maximum atomic E-state index is 13.3. The molecule has 0 aliphatic carbocycles. The number of amides is 2. The molecule has 0 unspecified atom stereocenters. The van der Waals surface area contributed by atoms with Gasteiger partial charge in [-0.05, 0) is 65.5 Å². The Morgan fingerprint density at radius 1 is 0.912 bits per heavy atom. The van der Waals surface area contributed by atoms with Crippen molar-refractivity contribution < 1.29 is 9.59 Å². The maximum absolute atomic E-state index is 13.3. The molecule has 2 aromatic carbocycles. The van der Waals surface area contributed by atoms with E-state index in [1.807, 2.05) is 58.3 Å². The lowest BCUT2D eigenvalue weighted by molar-refractivity contribution is 0.0774. The molecule has 0 aliphatic heterocycles. The molecule has 0 spiro atoms. The molecule has 1 N–H and O–H groups in total. The van der Waals surface area contributed by atoms with Crippen LogP contribution in [-0.4, -0.2) is 65.3 Å². The number of nitrogens with zero attached hydrogens (tertiary/aromatic N) is 4. The van der Waals surface area contributed by atoms with Gasteiger partial charge in [-0.25, -0.2) is 9.97 Å². The molecule has 7 nitrogen and oxygen atoms in total. The Morgan fingerprint density at radius 3 is 2.26 bits per heavy atom. The van der Waals surface area contributed by atoms with E-state index in [0.29, 0.717) is 30.2 Å². The number of carbonyl (C=O) groups is 2. The van der Waals surface area contributed by atoms with E-state index >= 15 is 0 Å². The summed E-state index contributed by atoms with van der Waals surface area (Å²) < 4.78 is 0.